The van der Waals surface area contributed by atoms with E-state index in [2.05, 4.69) is 10.3 Å². The molecule has 0 aliphatic rings. The highest BCUT2D eigenvalue weighted by molar-refractivity contribution is 8.01. The number of carbonyl (C=O) groups is 2. The number of carbonyl (C=O) groups excluding carboxylic acids is 1. The molecule has 0 radical (unpaired) electrons. The summed E-state index contributed by atoms with van der Waals surface area (Å²) >= 11 is 20.8. The van der Waals surface area contributed by atoms with Crippen molar-refractivity contribution in [2.45, 2.75) is 23.5 Å². The number of halogens is 3. The molecule has 4 rings (SSSR count). The molecule has 10 heteroatoms. The minimum absolute atomic E-state index is 0.258. The van der Waals surface area contributed by atoms with Gasteiger partial charge in [-0.1, -0.05) is 59.1 Å². The van der Waals surface area contributed by atoms with Gasteiger partial charge in [-0.05, 0) is 61.9 Å². The molecule has 1 amide bonds. The number of nitrogens with zero attached hydrogens (tertiary/aromatic N) is 1. The smallest absolute Gasteiger partial charge is 0.319 e. The first kappa shape index (κ1) is 26.5. The number of thiazole rings is 1. The van der Waals surface area contributed by atoms with Crippen LogP contribution in [0.1, 0.15) is 24.3 Å². The summed E-state index contributed by atoms with van der Waals surface area (Å²) < 4.78 is -0.958. The average molecular weight is 578 g/mol. The fourth-order valence-electron chi connectivity index (χ4n) is 3.16. The van der Waals surface area contributed by atoms with Crippen molar-refractivity contribution < 1.29 is 14.7 Å². The van der Waals surface area contributed by atoms with Crippen LogP contribution < -0.4 is 5.32 Å². The Morgan fingerprint density at radius 3 is 2.17 bits per heavy atom. The zero-order valence-corrected chi connectivity index (χ0v) is 22.9. The maximum Gasteiger partial charge on any atom is 0.319 e. The fourth-order valence-corrected chi connectivity index (χ4v) is 5.61. The molecular weight excluding hydrogens is 559 g/mol. The highest BCUT2D eigenvalue weighted by atomic mass is 35.5. The van der Waals surface area contributed by atoms with Gasteiger partial charge in [-0.15, -0.1) is 23.1 Å². The highest BCUT2D eigenvalue weighted by Gasteiger charge is 2.28. The molecule has 5 nitrogen and oxygen atoms in total. The Bertz CT molecular complexity index is 1440. The van der Waals surface area contributed by atoms with Crippen LogP contribution in [0.3, 0.4) is 0 Å². The lowest BCUT2D eigenvalue weighted by atomic mass is 10.1. The van der Waals surface area contributed by atoms with Gasteiger partial charge >= 0.3 is 5.97 Å². The molecule has 0 aliphatic carbocycles. The molecule has 4 aromatic rings. The monoisotopic (exact) mass is 576 g/mol. The topological polar surface area (TPSA) is 79.3 Å². The Morgan fingerprint density at radius 1 is 0.917 bits per heavy atom. The van der Waals surface area contributed by atoms with Crippen LogP contribution in [-0.4, -0.2) is 26.7 Å². The lowest BCUT2D eigenvalue weighted by Gasteiger charge is -2.18. The van der Waals surface area contributed by atoms with Gasteiger partial charge in [-0.3, -0.25) is 9.59 Å². The zero-order chi connectivity index (χ0) is 26.0. The van der Waals surface area contributed by atoms with E-state index in [1.54, 1.807) is 44.2 Å². The summed E-state index contributed by atoms with van der Waals surface area (Å²) in [5.74, 6) is -1.28. The number of anilines is 1. The van der Waals surface area contributed by atoms with E-state index in [1.165, 1.54) is 23.1 Å². The SMILES string of the molecule is CC(C)(Sc1ccc(-c2nc(C(=O)Nc3ccc(Cl)c(Cl)c3)c(-c3ccc(Cl)cc3)s2)cc1)C(=O)O. The van der Waals surface area contributed by atoms with Gasteiger partial charge in [0.1, 0.15) is 15.4 Å². The van der Waals surface area contributed by atoms with Gasteiger partial charge in [0.05, 0.1) is 14.9 Å². The van der Waals surface area contributed by atoms with Crippen molar-refractivity contribution in [3.8, 4) is 21.0 Å². The van der Waals surface area contributed by atoms with Gasteiger partial charge in [-0.2, -0.15) is 0 Å². The average Bonchev–Trinajstić information content (AvgIpc) is 3.28. The summed E-state index contributed by atoms with van der Waals surface area (Å²) in [4.78, 5) is 30.9. The number of hydrogen-bond donors (Lipinski definition) is 2. The van der Waals surface area contributed by atoms with E-state index in [0.29, 0.717) is 30.6 Å². The van der Waals surface area contributed by atoms with Crippen LogP contribution in [0.15, 0.2) is 71.6 Å². The maximum atomic E-state index is 13.3. The Morgan fingerprint density at radius 2 is 1.56 bits per heavy atom. The number of rotatable bonds is 7. The number of thioether (sulfide) groups is 1. The summed E-state index contributed by atoms with van der Waals surface area (Å²) in [7, 11) is 0. The van der Waals surface area contributed by atoms with Gasteiger partial charge in [-0.25, -0.2) is 4.98 Å². The molecule has 184 valence electrons. The van der Waals surface area contributed by atoms with Crippen LogP contribution in [0.2, 0.25) is 15.1 Å². The summed E-state index contributed by atoms with van der Waals surface area (Å²) in [6.45, 7) is 3.32. The molecule has 0 bridgehead atoms. The quantitative estimate of drug-likeness (QED) is 0.215. The third-order valence-corrected chi connectivity index (χ3v) is 8.45. The summed E-state index contributed by atoms with van der Waals surface area (Å²) in [6, 6.07) is 19.5. The number of amides is 1. The molecule has 36 heavy (non-hydrogen) atoms. The molecule has 1 heterocycles. The second-order valence-electron chi connectivity index (χ2n) is 8.23. The molecule has 0 fully saturated rings. The molecule has 0 atom stereocenters. The Hall–Kier alpha value is -2.55. The van der Waals surface area contributed by atoms with Crippen LogP contribution in [0.25, 0.3) is 21.0 Å². The molecule has 2 N–H and O–H groups in total. The van der Waals surface area contributed by atoms with Crippen molar-refractivity contribution in [2.75, 3.05) is 5.32 Å². The lowest BCUT2D eigenvalue weighted by molar-refractivity contribution is -0.138. The van der Waals surface area contributed by atoms with E-state index in [9.17, 15) is 14.7 Å². The van der Waals surface area contributed by atoms with Crippen LogP contribution in [0.5, 0.6) is 0 Å². The third-order valence-electron chi connectivity index (χ3n) is 5.12. The first-order chi connectivity index (χ1) is 17.0. The predicted octanol–water partition coefficient (Wildman–Crippen LogP) is 8.64. The molecular formula is C26H19Cl3N2O3S2. The summed E-state index contributed by atoms with van der Waals surface area (Å²) in [5.41, 5.74) is 2.36. The summed E-state index contributed by atoms with van der Waals surface area (Å²) in [5, 5.41) is 14.2. The van der Waals surface area contributed by atoms with E-state index in [-0.39, 0.29) is 5.69 Å². The molecule has 0 spiro atoms. The number of benzene rings is 3. The minimum atomic E-state index is -0.958. The van der Waals surface area contributed by atoms with Crippen molar-refractivity contribution in [3.05, 3.63) is 87.5 Å². The standard InChI is InChI=1S/C26H19Cl3N2O3S2/c1-26(2,25(33)34)36-18-10-5-15(6-11-18)24-31-21(22(35-24)14-3-7-16(27)8-4-14)23(32)30-17-9-12-19(28)20(29)13-17/h3-13H,1-2H3,(H,30,32)(H,33,34). The van der Waals surface area contributed by atoms with Crippen LogP contribution in [0, 0.1) is 0 Å². The van der Waals surface area contributed by atoms with Gasteiger partial charge in [0.25, 0.3) is 5.91 Å². The third kappa shape index (κ3) is 6.05. The second kappa shape index (κ2) is 10.8. The molecule has 3 aromatic carbocycles. The van der Waals surface area contributed by atoms with E-state index in [4.69, 9.17) is 34.8 Å². The second-order valence-corrected chi connectivity index (χ2v) is 12.2. The van der Waals surface area contributed by atoms with E-state index < -0.39 is 16.6 Å². The van der Waals surface area contributed by atoms with Crippen molar-refractivity contribution >= 4 is 75.5 Å². The maximum absolute atomic E-state index is 13.3. The molecule has 1 aromatic heterocycles. The van der Waals surface area contributed by atoms with Gasteiger partial charge in [0.2, 0.25) is 0 Å². The molecule has 0 saturated heterocycles. The van der Waals surface area contributed by atoms with Crippen LogP contribution >= 0.6 is 57.9 Å². The number of nitrogens with one attached hydrogen (secondary N) is 1. The van der Waals surface area contributed by atoms with Crippen LogP contribution in [-0.2, 0) is 4.79 Å². The van der Waals surface area contributed by atoms with Crippen molar-refractivity contribution in [2.24, 2.45) is 0 Å². The number of aliphatic carboxylic acids is 1. The number of aromatic nitrogens is 1. The highest BCUT2D eigenvalue weighted by Crippen LogP contribution is 2.38. The fraction of sp³-hybridized carbons (Fsp3) is 0.115. The predicted molar refractivity (Wildman–Crippen MR) is 150 cm³/mol. The van der Waals surface area contributed by atoms with Crippen LogP contribution in [0.4, 0.5) is 5.69 Å². The Labute approximate surface area is 231 Å². The zero-order valence-electron chi connectivity index (χ0n) is 19.0. The number of carboxylic acids is 1. The van der Waals surface area contributed by atoms with E-state index >= 15 is 0 Å². The molecule has 0 aliphatic heterocycles. The van der Waals surface area contributed by atoms with Gasteiger partial charge in [0.15, 0.2) is 0 Å². The van der Waals surface area contributed by atoms with Crippen molar-refractivity contribution in [1.82, 2.24) is 4.98 Å². The Balaban J connectivity index is 1.69. The van der Waals surface area contributed by atoms with Gasteiger partial charge < -0.3 is 10.4 Å². The number of hydrogen-bond acceptors (Lipinski definition) is 5. The first-order valence-electron chi connectivity index (χ1n) is 10.6. The molecule has 0 saturated carbocycles. The number of carboxylic acid groups (broad SMARTS) is 1. The largest absolute Gasteiger partial charge is 0.480 e. The first-order valence-corrected chi connectivity index (χ1v) is 13.4. The minimum Gasteiger partial charge on any atom is -0.480 e. The van der Waals surface area contributed by atoms with Gasteiger partial charge in [0, 0.05) is 21.2 Å². The van der Waals surface area contributed by atoms with Crippen molar-refractivity contribution in [1.29, 1.82) is 0 Å². The van der Waals surface area contributed by atoms with E-state index in [1.807, 2.05) is 36.4 Å². The molecule has 0 unspecified atom stereocenters. The Kier molecular flexibility index (Phi) is 7.97. The normalized spacial score (nSPS) is 11.4. The summed E-state index contributed by atoms with van der Waals surface area (Å²) in [6.07, 6.45) is 0. The van der Waals surface area contributed by atoms with Crippen molar-refractivity contribution in [3.63, 3.8) is 0 Å². The van der Waals surface area contributed by atoms with E-state index in [0.717, 1.165) is 16.0 Å². The lowest BCUT2D eigenvalue weighted by Crippen LogP contribution is -2.26.